The Morgan fingerprint density at radius 2 is 0.444 bits per heavy atom. The Labute approximate surface area is 830 Å². The van der Waals surface area contributed by atoms with Crippen molar-refractivity contribution in [1.29, 1.82) is 0 Å². The number of rotatable bonds is 14. The lowest BCUT2D eigenvalue weighted by atomic mass is 9.97. The van der Waals surface area contributed by atoms with Crippen molar-refractivity contribution in [2.75, 3.05) is 0 Å². The molecule has 0 saturated heterocycles. The van der Waals surface area contributed by atoms with Gasteiger partial charge >= 0.3 is 0 Å². The Bertz CT molecular complexity index is 9560. The topological polar surface area (TPSA) is 149 Å². The Balaban J connectivity index is 0.000000108. The molecule has 9 aromatic heterocycles. The lowest BCUT2D eigenvalue weighted by molar-refractivity contribution is 0.669. The van der Waals surface area contributed by atoms with Crippen molar-refractivity contribution in [3.05, 3.63) is 491 Å². The summed E-state index contributed by atoms with van der Waals surface area (Å²) in [5, 5.41) is 14.3. The van der Waals surface area contributed by atoms with Crippen LogP contribution >= 0.6 is 11.3 Å². The summed E-state index contributed by atoms with van der Waals surface area (Å²) in [6.07, 6.45) is 0. The predicted octanol–water partition coefficient (Wildman–Crippen LogP) is 32.9. The first-order chi connectivity index (χ1) is 71.4. The summed E-state index contributed by atoms with van der Waals surface area (Å²) in [4.78, 5) is 45.6. The standard InChI is InChI=1S/C45H28N4O.C45H28N4S.C39H25N5/c2*1-3-13-29(14-4-1)43-46-44(48-45(47-43)32-25-26-36-35-19-8-10-24-40(35)50-41(36)28-32)31-16-11-15-30(27-31)34-21-12-23-39-42(34)37-20-7-9-22-38(37)49(39)33-17-5-2-6-18-33;1-2-13-26(14-3-1)37-40-38(42-39(41-37)44-35-23-10-6-19-31(35)32-20-7-11-24-36(32)44)27-15-12-16-28(25-27)43-33-21-8-4-17-29(33)30-18-5-9-22-34(30)43/h2*1-28H;1-25H. The normalized spacial score (nSPS) is 11.6. The molecule has 674 valence electrons. The average molecular weight is 1860 g/mol. The van der Waals surface area contributed by atoms with Gasteiger partial charge in [0.05, 0.1) is 44.1 Å². The molecule has 29 rings (SSSR count). The first-order valence-corrected chi connectivity index (χ1v) is 48.9. The van der Waals surface area contributed by atoms with Crippen LogP contribution in [-0.4, -0.2) is 63.1 Å². The first kappa shape index (κ1) is 84.0. The molecule has 0 aliphatic heterocycles. The zero-order valence-corrected chi connectivity index (χ0v) is 78.2. The van der Waals surface area contributed by atoms with Gasteiger partial charge in [-0.3, -0.25) is 4.57 Å². The quantitative estimate of drug-likeness (QED) is 0.103. The summed E-state index contributed by atoms with van der Waals surface area (Å²) in [7, 11) is 0. The van der Waals surface area contributed by atoms with Gasteiger partial charge in [-0.1, -0.05) is 364 Å². The highest BCUT2D eigenvalue weighted by Gasteiger charge is 2.26. The molecule has 14 nitrogen and oxygen atoms in total. The summed E-state index contributed by atoms with van der Waals surface area (Å²) >= 11 is 1.80. The van der Waals surface area contributed by atoms with Crippen molar-refractivity contribution >= 4 is 141 Å². The third-order valence-corrected chi connectivity index (χ3v) is 28.4. The predicted molar refractivity (Wildman–Crippen MR) is 591 cm³/mol. The van der Waals surface area contributed by atoms with Crippen LogP contribution in [0, 0.1) is 0 Å². The number of nitrogens with zero attached hydrogens (tertiary/aromatic N) is 13. The molecular formula is C129H81N13OS. The van der Waals surface area contributed by atoms with Gasteiger partial charge in [-0.2, -0.15) is 9.97 Å². The second-order valence-electron chi connectivity index (χ2n) is 35.8. The van der Waals surface area contributed by atoms with E-state index in [0.717, 1.165) is 128 Å². The van der Waals surface area contributed by atoms with Gasteiger partial charge in [0.2, 0.25) is 5.95 Å². The molecule has 0 bridgehead atoms. The minimum atomic E-state index is 0.591. The van der Waals surface area contributed by atoms with Crippen molar-refractivity contribution in [2.24, 2.45) is 0 Å². The average Bonchev–Trinajstić information content (AvgIpc) is 1.58. The Kier molecular flexibility index (Phi) is 20.7. The zero-order valence-electron chi connectivity index (χ0n) is 77.4. The van der Waals surface area contributed by atoms with E-state index in [1.54, 1.807) is 11.3 Å². The van der Waals surface area contributed by atoms with Gasteiger partial charge in [0.15, 0.2) is 46.6 Å². The van der Waals surface area contributed by atoms with Crippen LogP contribution in [0.2, 0.25) is 0 Å². The van der Waals surface area contributed by atoms with Crippen LogP contribution in [0.1, 0.15) is 0 Å². The van der Waals surface area contributed by atoms with Crippen LogP contribution in [0.25, 0.3) is 266 Å². The maximum Gasteiger partial charge on any atom is 0.238 e. The van der Waals surface area contributed by atoms with Crippen LogP contribution < -0.4 is 0 Å². The van der Waals surface area contributed by atoms with E-state index in [2.05, 4.69) is 407 Å². The van der Waals surface area contributed by atoms with E-state index in [1.165, 1.54) is 85.4 Å². The fraction of sp³-hybridized carbons (Fsp3) is 0. The molecule has 0 spiro atoms. The molecule has 0 aliphatic carbocycles. The van der Waals surface area contributed by atoms with Gasteiger partial charge in [0, 0.05) is 136 Å². The highest BCUT2D eigenvalue weighted by atomic mass is 32.1. The van der Waals surface area contributed by atoms with Crippen molar-refractivity contribution in [3.8, 4) is 136 Å². The molecule has 9 heterocycles. The molecular weight excluding hydrogens is 1780 g/mol. The molecule has 0 radical (unpaired) electrons. The monoisotopic (exact) mass is 1860 g/mol. The van der Waals surface area contributed by atoms with Gasteiger partial charge in [-0.25, -0.2) is 34.9 Å². The lowest BCUT2D eigenvalue weighted by Gasteiger charge is -2.12. The summed E-state index contributed by atoms with van der Waals surface area (Å²) in [6, 6.07) is 171. The Morgan fingerprint density at radius 3 is 0.910 bits per heavy atom. The molecule has 0 N–H and O–H groups in total. The van der Waals surface area contributed by atoms with Crippen molar-refractivity contribution < 1.29 is 4.42 Å². The first-order valence-electron chi connectivity index (χ1n) is 48.1. The SMILES string of the molecule is c1ccc(-c2nc(-c3cccc(-c4cccc5c4c4ccccc4n5-c4ccccc4)c3)nc(-c3ccc4c(c3)oc3ccccc34)n2)cc1.c1ccc(-c2nc(-c3cccc(-c4cccc5c4c4ccccc4n5-c4ccccc4)c3)nc(-c3ccc4c(c3)sc3ccccc34)n2)cc1.c1ccc(-c2nc(-c3cccc(-n4c5ccccc5c5ccccc54)c3)nc(-n3c4ccccc4c4ccccc43)n2)cc1. The molecule has 144 heavy (non-hydrogen) atoms. The maximum absolute atomic E-state index is 6.23. The van der Waals surface area contributed by atoms with Gasteiger partial charge in [-0.05, 0) is 150 Å². The summed E-state index contributed by atoms with van der Waals surface area (Å²) in [5.74, 6) is 5.63. The van der Waals surface area contributed by atoms with Crippen LogP contribution in [0.4, 0.5) is 0 Å². The highest BCUT2D eigenvalue weighted by molar-refractivity contribution is 7.25. The smallest absolute Gasteiger partial charge is 0.238 e. The molecule has 0 unspecified atom stereocenters. The summed E-state index contributed by atoms with van der Waals surface area (Å²) in [5.41, 5.74) is 26.1. The van der Waals surface area contributed by atoms with E-state index >= 15 is 0 Å². The van der Waals surface area contributed by atoms with E-state index in [1.807, 2.05) is 103 Å². The fourth-order valence-corrected chi connectivity index (χ4v) is 21.9. The summed E-state index contributed by atoms with van der Waals surface area (Å²) in [6.45, 7) is 0. The fourth-order valence-electron chi connectivity index (χ4n) is 20.7. The molecule has 0 saturated carbocycles. The van der Waals surface area contributed by atoms with E-state index in [9.17, 15) is 0 Å². The van der Waals surface area contributed by atoms with Crippen molar-refractivity contribution in [2.45, 2.75) is 0 Å². The second kappa shape index (κ2) is 35.6. The minimum absolute atomic E-state index is 0.591. The molecule has 15 heteroatoms. The third kappa shape index (κ3) is 14.9. The number of furan rings is 1. The second-order valence-corrected chi connectivity index (χ2v) is 36.9. The molecule has 0 fully saturated rings. The molecule has 0 aliphatic rings. The van der Waals surface area contributed by atoms with E-state index in [4.69, 9.17) is 49.3 Å². The summed E-state index contributed by atoms with van der Waals surface area (Å²) < 4.78 is 17.9. The van der Waals surface area contributed by atoms with Crippen LogP contribution in [0.5, 0.6) is 0 Å². The van der Waals surface area contributed by atoms with Crippen LogP contribution in [0.3, 0.4) is 0 Å². The van der Waals surface area contributed by atoms with Crippen molar-refractivity contribution in [3.63, 3.8) is 0 Å². The number of aromatic nitrogens is 13. The largest absolute Gasteiger partial charge is 0.456 e. The Morgan fingerprint density at radius 1 is 0.160 bits per heavy atom. The minimum Gasteiger partial charge on any atom is -0.456 e. The number of para-hydroxylation sites is 9. The van der Waals surface area contributed by atoms with Crippen molar-refractivity contribution in [1.82, 2.24) is 63.1 Å². The molecule has 0 amide bonds. The molecule has 20 aromatic carbocycles. The Hall–Kier alpha value is -19.4. The van der Waals surface area contributed by atoms with Gasteiger partial charge in [0.1, 0.15) is 11.2 Å². The highest BCUT2D eigenvalue weighted by Crippen LogP contribution is 2.46. The van der Waals surface area contributed by atoms with Gasteiger partial charge in [0.25, 0.3) is 0 Å². The zero-order chi connectivity index (χ0) is 95.1. The number of hydrogen-bond donors (Lipinski definition) is 0. The third-order valence-electron chi connectivity index (χ3n) is 27.3. The molecule has 29 aromatic rings. The van der Waals surface area contributed by atoms with E-state index in [0.29, 0.717) is 52.5 Å². The van der Waals surface area contributed by atoms with Crippen LogP contribution in [-0.2, 0) is 0 Å². The number of hydrogen-bond acceptors (Lipinski definition) is 11. The van der Waals surface area contributed by atoms with Gasteiger partial charge in [-0.15, -0.1) is 11.3 Å². The number of thiophene rings is 1. The number of benzene rings is 20. The molecule has 0 atom stereocenters. The number of fused-ring (bicyclic) bond motifs is 18. The van der Waals surface area contributed by atoms with E-state index in [-0.39, 0.29) is 0 Å². The van der Waals surface area contributed by atoms with E-state index < -0.39 is 0 Å². The maximum atomic E-state index is 6.23. The van der Waals surface area contributed by atoms with Gasteiger partial charge < -0.3 is 18.1 Å². The lowest BCUT2D eigenvalue weighted by Crippen LogP contribution is -2.06. The van der Waals surface area contributed by atoms with Crippen LogP contribution in [0.15, 0.2) is 496 Å².